The minimum absolute atomic E-state index is 0.407. The molecule has 0 aliphatic heterocycles. The molecule has 0 N–H and O–H groups in total. The molecule has 0 aliphatic rings. The maximum Gasteiger partial charge on any atom is 0.148 e. The summed E-state index contributed by atoms with van der Waals surface area (Å²) < 4.78 is 10.7. The molecule has 1 aromatic carbocycles. The predicted octanol–water partition coefficient (Wildman–Crippen LogP) is 2.50. The molecule has 1 heterocycles. The van der Waals surface area contributed by atoms with E-state index in [0.29, 0.717) is 22.7 Å². The van der Waals surface area contributed by atoms with Crippen molar-refractivity contribution in [2.75, 3.05) is 33.2 Å². The number of fused-ring (bicyclic) bond motifs is 1. The summed E-state index contributed by atoms with van der Waals surface area (Å²) in [6.45, 7) is 1.90. The number of anilines is 1. The van der Waals surface area contributed by atoms with Gasteiger partial charge in [0.05, 0.1) is 19.9 Å². The normalized spacial score (nSPS) is 10.2. The summed E-state index contributed by atoms with van der Waals surface area (Å²) in [7, 11) is 7.07. The van der Waals surface area contributed by atoms with Crippen molar-refractivity contribution < 1.29 is 9.47 Å². The molecule has 0 saturated carbocycles. The van der Waals surface area contributed by atoms with Gasteiger partial charge < -0.3 is 14.4 Å². The summed E-state index contributed by atoms with van der Waals surface area (Å²) in [5.74, 6) is 1.29. The fourth-order valence-corrected chi connectivity index (χ4v) is 2.35. The highest BCUT2D eigenvalue weighted by molar-refractivity contribution is 5.98. The van der Waals surface area contributed by atoms with Crippen molar-refractivity contribution in [2.24, 2.45) is 0 Å². The van der Waals surface area contributed by atoms with Gasteiger partial charge in [0.1, 0.15) is 28.8 Å². The van der Waals surface area contributed by atoms with Gasteiger partial charge in [-0.15, -0.1) is 0 Å². The van der Waals surface area contributed by atoms with Gasteiger partial charge in [0.15, 0.2) is 0 Å². The second-order valence-electron chi connectivity index (χ2n) is 4.67. The zero-order chi connectivity index (χ0) is 14.9. The number of benzene rings is 1. The third-order valence-corrected chi connectivity index (χ3v) is 3.25. The lowest BCUT2D eigenvalue weighted by atomic mass is 10.1. The van der Waals surface area contributed by atoms with E-state index in [4.69, 9.17) is 9.47 Å². The standard InChI is InChI=1S/C15H17N3O2/c1-9-12(8-16)17-14-11(15(9)18(2)3)6-10(19-4)7-13(14)20-5/h6-7H,1-5H3. The average Bonchev–Trinajstić information content (AvgIpc) is 2.44. The highest BCUT2D eigenvalue weighted by atomic mass is 16.5. The Morgan fingerprint density at radius 3 is 2.40 bits per heavy atom. The smallest absolute Gasteiger partial charge is 0.148 e. The Morgan fingerprint density at radius 2 is 1.90 bits per heavy atom. The molecule has 0 spiro atoms. The van der Waals surface area contributed by atoms with Gasteiger partial charge in [0.25, 0.3) is 0 Å². The van der Waals surface area contributed by atoms with Gasteiger partial charge in [0, 0.05) is 31.1 Å². The molecular formula is C15H17N3O2. The van der Waals surface area contributed by atoms with Crippen molar-refractivity contribution in [3.05, 3.63) is 23.4 Å². The van der Waals surface area contributed by atoms with Gasteiger partial charge >= 0.3 is 0 Å². The molecule has 0 unspecified atom stereocenters. The first-order valence-corrected chi connectivity index (χ1v) is 6.17. The van der Waals surface area contributed by atoms with Crippen molar-refractivity contribution >= 4 is 16.6 Å². The number of hydrogen-bond donors (Lipinski definition) is 0. The Hall–Kier alpha value is -2.48. The largest absolute Gasteiger partial charge is 0.497 e. The fourth-order valence-electron chi connectivity index (χ4n) is 2.35. The van der Waals surface area contributed by atoms with Crippen LogP contribution in [0.1, 0.15) is 11.3 Å². The maximum absolute atomic E-state index is 9.25. The minimum atomic E-state index is 0.407. The molecule has 2 aromatic rings. The van der Waals surface area contributed by atoms with Gasteiger partial charge in [0.2, 0.25) is 0 Å². The van der Waals surface area contributed by atoms with E-state index in [2.05, 4.69) is 11.1 Å². The Bertz CT molecular complexity index is 703. The number of ether oxygens (including phenoxy) is 2. The second kappa shape index (κ2) is 5.25. The quantitative estimate of drug-likeness (QED) is 0.858. The summed E-state index contributed by atoms with van der Waals surface area (Å²) in [6, 6.07) is 5.82. The molecule has 5 nitrogen and oxygen atoms in total. The zero-order valence-corrected chi connectivity index (χ0v) is 12.3. The molecule has 0 saturated heterocycles. The summed E-state index contributed by atoms with van der Waals surface area (Å²) in [5, 5.41) is 10.2. The van der Waals surface area contributed by atoms with Crippen LogP contribution in [0.25, 0.3) is 10.9 Å². The number of methoxy groups -OCH3 is 2. The fraction of sp³-hybridized carbons (Fsp3) is 0.333. The highest BCUT2D eigenvalue weighted by Crippen LogP contribution is 2.37. The lowest BCUT2D eigenvalue weighted by molar-refractivity contribution is 0.397. The van der Waals surface area contributed by atoms with Crippen LogP contribution >= 0.6 is 0 Å². The van der Waals surface area contributed by atoms with Crippen molar-refractivity contribution in [3.8, 4) is 17.6 Å². The first kappa shape index (κ1) is 13.9. The van der Waals surface area contributed by atoms with Crippen LogP contribution in [0, 0.1) is 18.3 Å². The maximum atomic E-state index is 9.25. The molecule has 0 atom stereocenters. The molecule has 1 aromatic heterocycles. The molecule has 104 valence electrons. The van der Waals surface area contributed by atoms with E-state index >= 15 is 0 Å². The molecule has 0 bridgehead atoms. The SMILES string of the molecule is COc1cc(OC)c2nc(C#N)c(C)c(N(C)C)c2c1. The van der Waals surface area contributed by atoms with E-state index in [1.54, 1.807) is 20.3 Å². The minimum Gasteiger partial charge on any atom is -0.497 e. The Morgan fingerprint density at radius 1 is 1.20 bits per heavy atom. The first-order valence-electron chi connectivity index (χ1n) is 6.17. The summed E-state index contributed by atoms with van der Waals surface area (Å²) in [4.78, 5) is 6.39. The van der Waals surface area contributed by atoms with Gasteiger partial charge in [-0.3, -0.25) is 0 Å². The third-order valence-electron chi connectivity index (χ3n) is 3.25. The van der Waals surface area contributed by atoms with Crippen molar-refractivity contribution in [2.45, 2.75) is 6.92 Å². The second-order valence-corrected chi connectivity index (χ2v) is 4.67. The number of nitrogens with zero attached hydrogens (tertiary/aromatic N) is 3. The van der Waals surface area contributed by atoms with Crippen molar-refractivity contribution in [1.82, 2.24) is 4.98 Å². The molecule has 20 heavy (non-hydrogen) atoms. The third kappa shape index (κ3) is 2.10. The highest BCUT2D eigenvalue weighted by Gasteiger charge is 2.17. The van der Waals surface area contributed by atoms with Crippen LogP contribution in [0.5, 0.6) is 11.5 Å². The van der Waals surface area contributed by atoms with Crippen LogP contribution < -0.4 is 14.4 Å². The molecule has 0 aliphatic carbocycles. The number of aromatic nitrogens is 1. The average molecular weight is 271 g/mol. The summed E-state index contributed by atoms with van der Waals surface area (Å²) in [5.41, 5.74) is 2.87. The predicted molar refractivity (Wildman–Crippen MR) is 78.6 cm³/mol. The number of rotatable bonds is 3. The van der Waals surface area contributed by atoms with Crippen LogP contribution in [-0.4, -0.2) is 33.3 Å². The van der Waals surface area contributed by atoms with Crippen LogP contribution in [0.4, 0.5) is 5.69 Å². The summed E-state index contributed by atoms with van der Waals surface area (Å²) in [6.07, 6.45) is 0. The molecule has 0 amide bonds. The monoisotopic (exact) mass is 271 g/mol. The van der Waals surface area contributed by atoms with E-state index in [9.17, 15) is 5.26 Å². The van der Waals surface area contributed by atoms with Gasteiger partial charge in [-0.05, 0) is 13.0 Å². The number of pyridine rings is 1. The summed E-state index contributed by atoms with van der Waals surface area (Å²) >= 11 is 0. The molecular weight excluding hydrogens is 254 g/mol. The van der Waals surface area contributed by atoms with Gasteiger partial charge in [-0.1, -0.05) is 0 Å². The lowest BCUT2D eigenvalue weighted by Crippen LogP contribution is -2.13. The Labute approximate surface area is 118 Å². The molecule has 0 fully saturated rings. The first-order chi connectivity index (χ1) is 9.53. The van der Waals surface area contributed by atoms with E-state index in [-0.39, 0.29) is 0 Å². The zero-order valence-electron chi connectivity index (χ0n) is 12.3. The van der Waals surface area contributed by atoms with Crippen LogP contribution in [-0.2, 0) is 0 Å². The van der Waals surface area contributed by atoms with Crippen LogP contribution in [0.3, 0.4) is 0 Å². The number of hydrogen-bond acceptors (Lipinski definition) is 5. The van der Waals surface area contributed by atoms with Crippen molar-refractivity contribution in [3.63, 3.8) is 0 Å². The Balaban J connectivity index is 2.98. The van der Waals surface area contributed by atoms with E-state index in [1.165, 1.54) is 0 Å². The van der Waals surface area contributed by atoms with Crippen LogP contribution in [0.15, 0.2) is 12.1 Å². The van der Waals surface area contributed by atoms with Gasteiger partial charge in [-0.25, -0.2) is 4.98 Å². The van der Waals surface area contributed by atoms with Crippen molar-refractivity contribution in [1.29, 1.82) is 5.26 Å². The topological polar surface area (TPSA) is 58.4 Å². The molecule has 0 radical (unpaired) electrons. The van der Waals surface area contributed by atoms with E-state index < -0.39 is 0 Å². The van der Waals surface area contributed by atoms with Crippen LogP contribution in [0.2, 0.25) is 0 Å². The number of nitriles is 1. The van der Waals surface area contributed by atoms with Gasteiger partial charge in [-0.2, -0.15) is 5.26 Å². The lowest BCUT2D eigenvalue weighted by Gasteiger charge is -2.20. The Kier molecular flexibility index (Phi) is 3.66. The van der Waals surface area contributed by atoms with E-state index in [0.717, 1.165) is 16.6 Å². The molecule has 5 heteroatoms. The van der Waals surface area contributed by atoms with E-state index in [1.807, 2.05) is 32.0 Å². The molecule has 2 rings (SSSR count).